The van der Waals surface area contributed by atoms with E-state index in [1.54, 1.807) is 0 Å². The van der Waals surface area contributed by atoms with E-state index < -0.39 is 0 Å². The zero-order valence-corrected chi connectivity index (χ0v) is 44.0. The SMILES string of the molecule is CC(C)(C)c1ccc(-c2cc(-c3ccccc3)c(N(c3ccc4c(c3)-c3ccccc3C4(C)C)c3ccc4ccccc4c3-c3ccc(-c4ccc5c(c4)C(C)(C)c4ccccc4-5)cc3)c(-c3ccccc3)c2)cc1. The Morgan fingerprint density at radius 1 is 0.320 bits per heavy atom. The molecule has 362 valence electrons. The van der Waals surface area contributed by atoms with Crippen molar-refractivity contribution in [2.45, 2.75) is 64.7 Å². The van der Waals surface area contributed by atoms with Crippen LogP contribution in [-0.4, -0.2) is 0 Å². The third-order valence-electron chi connectivity index (χ3n) is 16.7. The zero-order valence-electron chi connectivity index (χ0n) is 44.0. The third kappa shape index (κ3) is 7.67. The van der Waals surface area contributed by atoms with Crippen LogP contribution in [0.2, 0.25) is 0 Å². The van der Waals surface area contributed by atoms with Crippen LogP contribution in [0.25, 0.3) is 88.7 Å². The van der Waals surface area contributed by atoms with Gasteiger partial charge < -0.3 is 4.90 Å². The van der Waals surface area contributed by atoms with Gasteiger partial charge in [-0.15, -0.1) is 0 Å². The summed E-state index contributed by atoms with van der Waals surface area (Å²) in [4.78, 5) is 2.60. The van der Waals surface area contributed by atoms with E-state index >= 15 is 0 Å². The van der Waals surface area contributed by atoms with E-state index in [0.29, 0.717) is 0 Å². The minimum absolute atomic E-state index is 0.0444. The smallest absolute Gasteiger partial charge is 0.0619 e. The number of hydrogen-bond donors (Lipinski definition) is 0. The highest BCUT2D eigenvalue weighted by molar-refractivity contribution is 6.09. The summed E-state index contributed by atoms with van der Waals surface area (Å²) in [7, 11) is 0. The van der Waals surface area contributed by atoms with Gasteiger partial charge in [-0.2, -0.15) is 0 Å². The van der Waals surface area contributed by atoms with Gasteiger partial charge in [0, 0.05) is 33.2 Å². The number of hydrogen-bond acceptors (Lipinski definition) is 1. The molecule has 2 aliphatic rings. The molecule has 11 aromatic rings. The fourth-order valence-corrected chi connectivity index (χ4v) is 12.6. The Morgan fingerprint density at radius 2 is 0.813 bits per heavy atom. The van der Waals surface area contributed by atoms with Crippen LogP contribution in [-0.2, 0) is 16.2 Å². The highest BCUT2D eigenvalue weighted by Gasteiger charge is 2.37. The van der Waals surface area contributed by atoms with Crippen LogP contribution < -0.4 is 4.90 Å². The first-order valence-electron chi connectivity index (χ1n) is 26.7. The van der Waals surface area contributed by atoms with Crippen molar-refractivity contribution in [1.82, 2.24) is 0 Å². The predicted octanol–water partition coefficient (Wildman–Crippen LogP) is 20.6. The molecule has 1 heteroatoms. The Bertz CT molecular complexity index is 3940. The van der Waals surface area contributed by atoms with Crippen molar-refractivity contribution in [2.75, 3.05) is 4.90 Å². The molecule has 0 aliphatic heterocycles. The standard InChI is InChI=1S/C74H61N/c1-72(2,3)56-38-34-49(35-39-56)55-44-62(50-20-10-8-11-21-50)71(63(45-55)51-22-12-9-13-23-51)75(57-40-42-67-64(47-57)60-27-17-19-29-66(60)73(67,4)5)69-43-37-52-24-14-15-25-58(52)70(69)53-32-30-48(31-33-53)54-36-41-61-59-26-16-18-28-65(59)74(6,7)68(61)46-54/h8-47H,1-7H3. The van der Waals surface area contributed by atoms with Crippen LogP contribution in [0.4, 0.5) is 17.1 Å². The lowest BCUT2D eigenvalue weighted by Crippen LogP contribution is -2.16. The Labute approximate surface area is 443 Å². The average molecular weight is 964 g/mol. The Morgan fingerprint density at radius 3 is 1.45 bits per heavy atom. The second-order valence-corrected chi connectivity index (χ2v) is 22.9. The third-order valence-corrected chi connectivity index (χ3v) is 16.7. The van der Waals surface area contributed by atoms with E-state index in [0.717, 1.165) is 44.9 Å². The molecule has 2 aliphatic carbocycles. The van der Waals surface area contributed by atoms with Gasteiger partial charge in [0.05, 0.1) is 11.4 Å². The second-order valence-electron chi connectivity index (χ2n) is 22.9. The molecule has 0 saturated heterocycles. The molecule has 75 heavy (non-hydrogen) atoms. The summed E-state index contributed by atoms with van der Waals surface area (Å²) < 4.78 is 0. The molecule has 0 N–H and O–H groups in total. The van der Waals surface area contributed by atoms with Crippen molar-refractivity contribution in [3.8, 4) is 77.9 Å². The maximum atomic E-state index is 2.60. The summed E-state index contributed by atoms with van der Waals surface area (Å²) in [6.45, 7) is 16.3. The summed E-state index contributed by atoms with van der Waals surface area (Å²) in [5, 5.41) is 2.40. The predicted molar refractivity (Wildman–Crippen MR) is 320 cm³/mol. The summed E-state index contributed by atoms with van der Waals surface area (Å²) in [5.74, 6) is 0. The minimum Gasteiger partial charge on any atom is -0.309 e. The number of nitrogens with zero attached hydrogens (tertiary/aromatic N) is 1. The van der Waals surface area contributed by atoms with Crippen molar-refractivity contribution < 1.29 is 0 Å². The van der Waals surface area contributed by atoms with Crippen LogP contribution in [0.1, 0.15) is 76.3 Å². The van der Waals surface area contributed by atoms with Gasteiger partial charge in [-0.25, -0.2) is 0 Å². The molecular formula is C74H61N. The topological polar surface area (TPSA) is 3.24 Å². The van der Waals surface area contributed by atoms with Gasteiger partial charge in [-0.05, 0) is 142 Å². The monoisotopic (exact) mass is 963 g/mol. The van der Waals surface area contributed by atoms with Gasteiger partial charge in [0.25, 0.3) is 0 Å². The first-order valence-corrected chi connectivity index (χ1v) is 26.7. The normalized spacial score (nSPS) is 13.7. The molecule has 11 aromatic carbocycles. The molecule has 0 fully saturated rings. The van der Waals surface area contributed by atoms with Crippen molar-refractivity contribution >= 4 is 27.8 Å². The first-order chi connectivity index (χ1) is 36.3. The molecular weight excluding hydrogens is 903 g/mol. The van der Waals surface area contributed by atoms with Crippen LogP contribution in [0, 0.1) is 0 Å². The van der Waals surface area contributed by atoms with Crippen LogP contribution in [0.5, 0.6) is 0 Å². The number of benzene rings is 11. The van der Waals surface area contributed by atoms with Crippen molar-refractivity contribution in [3.63, 3.8) is 0 Å². The highest BCUT2D eigenvalue weighted by Crippen LogP contribution is 2.56. The maximum Gasteiger partial charge on any atom is 0.0619 e. The molecule has 0 saturated carbocycles. The van der Waals surface area contributed by atoms with Gasteiger partial charge >= 0.3 is 0 Å². The fourth-order valence-electron chi connectivity index (χ4n) is 12.6. The molecule has 0 unspecified atom stereocenters. The van der Waals surface area contributed by atoms with Crippen molar-refractivity contribution in [2.24, 2.45) is 0 Å². The van der Waals surface area contributed by atoms with Gasteiger partial charge in [-0.3, -0.25) is 0 Å². The number of fused-ring (bicyclic) bond motifs is 7. The minimum atomic E-state index is -0.141. The highest BCUT2D eigenvalue weighted by atomic mass is 15.2. The zero-order chi connectivity index (χ0) is 51.2. The molecule has 0 amide bonds. The molecule has 0 atom stereocenters. The van der Waals surface area contributed by atoms with Crippen LogP contribution in [0.3, 0.4) is 0 Å². The number of anilines is 3. The quantitative estimate of drug-likeness (QED) is 0.147. The largest absolute Gasteiger partial charge is 0.309 e. The lowest BCUT2D eigenvalue weighted by atomic mass is 9.81. The second kappa shape index (κ2) is 17.6. The average Bonchev–Trinajstić information content (AvgIpc) is 3.88. The van der Waals surface area contributed by atoms with E-state index in [1.165, 1.54) is 88.7 Å². The van der Waals surface area contributed by atoms with Gasteiger partial charge in [0.15, 0.2) is 0 Å². The van der Waals surface area contributed by atoms with Gasteiger partial charge in [0.2, 0.25) is 0 Å². The summed E-state index contributed by atoms with van der Waals surface area (Å²) >= 11 is 0. The van der Waals surface area contributed by atoms with Gasteiger partial charge in [0.1, 0.15) is 0 Å². The number of rotatable bonds is 8. The maximum absolute atomic E-state index is 2.60. The van der Waals surface area contributed by atoms with Crippen LogP contribution >= 0.6 is 0 Å². The molecule has 0 heterocycles. The Balaban J connectivity index is 1.08. The van der Waals surface area contributed by atoms with E-state index in [9.17, 15) is 0 Å². The summed E-state index contributed by atoms with van der Waals surface area (Å²) in [5.41, 5.74) is 27.0. The Kier molecular flexibility index (Phi) is 10.8. The molecule has 0 radical (unpaired) electrons. The molecule has 13 rings (SSSR count). The lowest BCUT2D eigenvalue weighted by molar-refractivity contribution is 0.590. The van der Waals surface area contributed by atoms with Crippen LogP contribution in [0.15, 0.2) is 243 Å². The van der Waals surface area contributed by atoms with E-state index in [4.69, 9.17) is 0 Å². The van der Waals surface area contributed by atoms with Crippen molar-refractivity contribution in [3.05, 3.63) is 270 Å². The van der Waals surface area contributed by atoms with E-state index in [-0.39, 0.29) is 16.2 Å². The Hall–Kier alpha value is -8.52. The molecule has 1 nitrogen and oxygen atoms in total. The molecule has 0 spiro atoms. The summed E-state index contributed by atoms with van der Waals surface area (Å²) in [6, 6.07) is 91.4. The van der Waals surface area contributed by atoms with Crippen molar-refractivity contribution in [1.29, 1.82) is 0 Å². The van der Waals surface area contributed by atoms with Gasteiger partial charge in [-0.1, -0.05) is 255 Å². The first kappa shape index (κ1) is 46.3. The molecule has 0 bridgehead atoms. The summed E-state index contributed by atoms with van der Waals surface area (Å²) in [6.07, 6.45) is 0. The lowest BCUT2D eigenvalue weighted by Gasteiger charge is -2.33. The van der Waals surface area contributed by atoms with E-state index in [1.807, 2.05) is 0 Å². The van der Waals surface area contributed by atoms with E-state index in [2.05, 4.69) is 296 Å². The fraction of sp³-hybridized carbons (Fsp3) is 0.135. The molecule has 0 aromatic heterocycles.